The number of aryl methyl sites for hydroxylation is 1. The zero-order chi connectivity index (χ0) is 7.78. The molecule has 0 N–H and O–H groups in total. The highest BCUT2D eigenvalue weighted by Crippen LogP contribution is 2.22. The Balaban J connectivity index is 2.96. The lowest BCUT2D eigenvalue weighted by Gasteiger charge is -2.18. The molecule has 56 valence electrons. The van der Waals surface area contributed by atoms with Gasteiger partial charge in [0.1, 0.15) is 0 Å². The van der Waals surface area contributed by atoms with E-state index in [0.29, 0.717) is 0 Å². The Kier molecular flexibility index (Phi) is 1.79. The first-order valence-electron chi connectivity index (χ1n) is 3.24. The summed E-state index contributed by atoms with van der Waals surface area (Å²) in [5.74, 6) is 0. The largest absolute Gasteiger partial charge is 0.285 e. The van der Waals surface area contributed by atoms with Crippen LogP contribution in [0.1, 0.15) is 4.88 Å². The number of rotatable bonds is 1. The van der Waals surface area contributed by atoms with Crippen molar-refractivity contribution in [2.24, 2.45) is 0 Å². The number of aromatic nitrogens is 1. The summed E-state index contributed by atoms with van der Waals surface area (Å²) in [6.45, 7) is 2.08. The minimum Gasteiger partial charge on any atom is -0.273 e. The molecular weight excluding hydrogens is 144 g/mol. The topological polar surface area (TPSA) is 12.9 Å². The van der Waals surface area contributed by atoms with Gasteiger partial charge in [0.25, 0.3) is 5.13 Å². The molecule has 0 aliphatic heterocycles. The molecule has 3 heteroatoms. The van der Waals surface area contributed by atoms with E-state index in [-0.39, 0.29) is 0 Å². The molecule has 2 nitrogen and oxygen atoms in total. The zero-order valence-electron chi connectivity index (χ0n) is 6.88. The molecule has 0 radical (unpaired) electrons. The average molecular weight is 157 g/mol. The third-order valence-electron chi connectivity index (χ3n) is 1.18. The van der Waals surface area contributed by atoms with Crippen LogP contribution in [-0.2, 0) is 0 Å². The molecule has 0 aromatic carbocycles. The first kappa shape index (κ1) is 7.69. The van der Waals surface area contributed by atoms with E-state index in [9.17, 15) is 0 Å². The fourth-order valence-electron chi connectivity index (χ4n) is 0.653. The molecule has 0 amide bonds. The number of hydrogen-bond donors (Lipinski definition) is 0. The van der Waals surface area contributed by atoms with Gasteiger partial charge in [-0.15, -0.1) is 0 Å². The molecular formula is C7H13N2S+. The Labute approximate surface area is 65.7 Å². The van der Waals surface area contributed by atoms with Gasteiger partial charge in [0.15, 0.2) is 0 Å². The first-order chi connectivity index (χ1) is 4.50. The molecule has 0 aliphatic carbocycles. The van der Waals surface area contributed by atoms with Crippen LogP contribution in [0.2, 0.25) is 0 Å². The van der Waals surface area contributed by atoms with Gasteiger partial charge in [-0.3, -0.25) is 4.48 Å². The Morgan fingerprint density at radius 1 is 1.40 bits per heavy atom. The van der Waals surface area contributed by atoms with Gasteiger partial charge in [0.2, 0.25) is 0 Å². The van der Waals surface area contributed by atoms with E-state index < -0.39 is 0 Å². The van der Waals surface area contributed by atoms with Crippen molar-refractivity contribution < 1.29 is 0 Å². The summed E-state index contributed by atoms with van der Waals surface area (Å²) in [6.07, 6.45) is 1.92. The van der Waals surface area contributed by atoms with Crippen LogP contribution < -0.4 is 4.48 Å². The number of nitrogens with zero attached hydrogens (tertiary/aromatic N) is 2. The van der Waals surface area contributed by atoms with Crippen molar-refractivity contribution in [1.29, 1.82) is 0 Å². The lowest BCUT2D eigenvalue weighted by molar-refractivity contribution is 0.484. The normalized spacial score (nSPS) is 12.0. The van der Waals surface area contributed by atoms with Gasteiger partial charge in [-0.05, 0) is 6.92 Å². The molecule has 1 heterocycles. The second-order valence-corrected chi connectivity index (χ2v) is 4.48. The Bertz CT molecular complexity index is 222. The van der Waals surface area contributed by atoms with E-state index in [0.717, 1.165) is 9.61 Å². The van der Waals surface area contributed by atoms with Gasteiger partial charge in [-0.2, -0.15) is 4.98 Å². The summed E-state index contributed by atoms with van der Waals surface area (Å²) >= 11 is 1.76. The summed E-state index contributed by atoms with van der Waals surface area (Å²) in [5, 5.41) is 1.16. The first-order valence-corrected chi connectivity index (χ1v) is 4.06. The molecule has 0 saturated heterocycles. The maximum atomic E-state index is 4.28. The molecule has 0 unspecified atom stereocenters. The molecule has 0 aliphatic rings. The van der Waals surface area contributed by atoms with Gasteiger partial charge < -0.3 is 0 Å². The average Bonchev–Trinajstić information content (AvgIpc) is 2.11. The minimum absolute atomic E-state index is 0.818. The lowest BCUT2D eigenvalue weighted by Crippen LogP contribution is -2.34. The summed E-state index contributed by atoms with van der Waals surface area (Å²) in [6, 6.07) is 0. The highest BCUT2D eigenvalue weighted by Gasteiger charge is 2.15. The molecule has 0 saturated carbocycles. The second kappa shape index (κ2) is 2.32. The molecule has 0 atom stereocenters. The van der Waals surface area contributed by atoms with Crippen LogP contribution in [0, 0.1) is 6.92 Å². The fourth-order valence-corrected chi connectivity index (χ4v) is 1.43. The van der Waals surface area contributed by atoms with Crippen LogP contribution in [-0.4, -0.2) is 26.1 Å². The Morgan fingerprint density at radius 2 is 2.00 bits per heavy atom. The quantitative estimate of drug-likeness (QED) is 0.565. The van der Waals surface area contributed by atoms with Gasteiger partial charge >= 0.3 is 0 Å². The highest BCUT2D eigenvalue weighted by molar-refractivity contribution is 7.15. The summed E-state index contributed by atoms with van der Waals surface area (Å²) in [4.78, 5) is 5.56. The molecule has 0 fully saturated rings. The van der Waals surface area contributed by atoms with Gasteiger partial charge in [-0.25, -0.2) is 0 Å². The Morgan fingerprint density at radius 3 is 2.20 bits per heavy atom. The van der Waals surface area contributed by atoms with Crippen molar-refractivity contribution in [2.45, 2.75) is 6.92 Å². The van der Waals surface area contributed by atoms with Crippen LogP contribution in [0.4, 0.5) is 5.13 Å². The predicted octanol–water partition coefficient (Wildman–Crippen LogP) is 1.65. The van der Waals surface area contributed by atoms with Crippen molar-refractivity contribution >= 4 is 16.5 Å². The van der Waals surface area contributed by atoms with Crippen molar-refractivity contribution in [2.75, 3.05) is 21.1 Å². The summed E-state index contributed by atoms with van der Waals surface area (Å²) < 4.78 is 0.818. The fraction of sp³-hybridized carbons (Fsp3) is 0.571. The third-order valence-corrected chi connectivity index (χ3v) is 2.45. The van der Waals surface area contributed by atoms with E-state index in [1.54, 1.807) is 11.3 Å². The summed E-state index contributed by atoms with van der Waals surface area (Å²) in [5.41, 5.74) is 0. The second-order valence-electron chi connectivity index (χ2n) is 3.27. The van der Waals surface area contributed by atoms with Crippen LogP contribution in [0.25, 0.3) is 0 Å². The molecule has 1 rings (SSSR count). The molecule has 1 aromatic heterocycles. The third kappa shape index (κ3) is 1.55. The summed E-state index contributed by atoms with van der Waals surface area (Å²) in [7, 11) is 6.37. The lowest BCUT2D eigenvalue weighted by atomic mass is 10.6. The van der Waals surface area contributed by atoms with Crippen LogP contribution in [0.15, 0.2) is 6.20 Å². The molecule has 10 heavy (non-hydrogen) atoms. The monoisotopic (exact) mass is 157 g/mol. The zero-order valence-corrected chi connectivity index (χ0v) is 7.70. The number of quaternary nitrogens is 1. The minimum atomic E-state index is 0.818. The maximum Gasteiger partial charge on any atom is 0.285 e. The molecule has 0 bridgehead atoms. The van der Waals surface area contributed by atoms with Gasteiger partial charge in [-0.1, -0.05) is 11.3 Å². The van der Waals surface area contributed by atoms with Crippen molar-refractivity contribution in [3.63, 3.8) is 0 Å². The van der Waals surface area contributed by atoms with Crippen LogP contribution in [0.3, 0.4) is 0 Å². The van der Waals surface area contributed by atoms with Crippen LogP contribution in [0.5, 0.6) is 0 Å². The van der Waals surface area contributed by atoms with Crippen molar-refractivity contribution in [1.82, 2.24) is 9.47 Å². The number of thiazole rings is 1. The smallest absolute Gasteiger partial charge is 0.273 e. The van der Waals surface area contributed by atoms with E-state index >= 15 is 0 Å². The SMILES string of the molecule is Cc1cnc([N+](C)(C)C)s1. The molecule has 0 spiro atoms. The predicted molar refractivity (Wildman–Crippen MR) is 46.4 cm³/mol. The van der Waals surface area contributed by atoms with E-state index in [1.165, 1.54) is 4.88 Å². The van der Waals surface area contributed by atoms with Gasteiger partial charge in [0.05, 0.1) is 21.1 Å². The van der Waals surface area contributed by atoms with Crippen LogP contribution >= 0.6 is 11.3 Å². The number of hydrogen-bond acceptors (Lipinski definition) is 2. The van der Waals surface area contributed by atoms with Crippen molar-refractivity contribution in [3.8, 4) is 0 Å². The standard InChI is InChI=1S/C7H13N2S/c1-6-5-8-7(10-6)9(2,3)4/h5H,1-4H3/q+1. The Hall–Kier alpha value is -0.410. The van der Waals surface area contributed by atoms with Crippen molar-refractivity contribution in [3.05, 3.63) is 11.1 Å². The van der Waals surface area contributed by atoms with E-state index in [1.807, 2.05) is 6.20 Å². The molecule has 1 aromatic rings. The van der Waals surface area contributed by atoms with E-state index in [4.69, 9.17) is 0 Å². The maximum absolute atomic E-state index is 4.28. The van der Waals surface area contributed by atoms with Gasteiger partial charge in [0, 0.05) is 11.1 Å². The van der Waals surface area contributed by atoms with E-state index in [2.05, 4.69) is 33.1 Å². The highest BCUT2D eigenvalue weighted by atomic mass is 32.1.